The highest BCUT2D eigenvalue weighted by molar-refractivity contribution is 5.81. The number of halogens is 1. The second-order valence-corrected chi connectivity index (χ2v) is 5.33. The molecule has 0 spiro atoms. The molecule has 23 heavy (non-hydrogen) atoms. The van der Waals surface area contributed by atoms with Crippen molar-refractivity contribution in [1.29, 1.82) is 0 Å². The standard InChI is InChI=1S/C18H21FN2O2/c1-21(11-12-23-17-10-6-5-9-15(17)19)18(22)16(20)13-14-7-3-2-4-8-14/h2-10,16H,11-13,20H2,1H3/t16-/m0/s1. The summed E-state index contributed by atoms with van der Waals surface area (Å²) in [5.74, 6) is -0.393. The minimum atomic E-state index is -0.601. The van der Waals surface area contributed by atoms with E-state index in [4.69, 9.17) is 10.5 Å². The second kappa shape index (κ2) is 8.29. The van der Waals surface area contributed by atoms with Crippen LogP contribution >= 0.6 is 0 Å². The molecule has 0 aliphatic heterocycles. The van der Waals surface area contributed by atoms with Crippen molar-refractivity contribution in [2.75, 3.05) is 20.2 Å². The van der Waals surface area contributed by atoms with Gasteiger partial charge in [0, 0.05) is 7.05 Å². The second-order valence-electron chi connectivity index (χ2n) is 5.33. The van der Waals surface area contributed by atoms with Crippen LogP contribution in [0, 0.1) is 5.82 Å². The van der Waals surface area contributed by atoms with Crippen LogP contribution in [0.15, 0.2) is 54.6 Å². The normalized spacial score (nSPS) is 11.8. The van der Waals surface area contributed by atoms with E-state index in [1.165, 1.54) is 11.0 Å². The van der Waals surface area contributed by atoms with Gasteiger partial charge < -0.3 is 15.4 Å². The van der Waals surface area contributed by atoms with Gasteiger partial charge in [0.1, 0.15) is 6.61 Å². The van der Waals surface area contributed by atoms with Gasteiger partial charge >= 0.3 is 0 Å². The lowest BCUT2D eigenvalue weighted by Gasteiger charge is -2.21. The molecule has 0 radical (unpaired) electrons. The van der Waals surface area contributed by atoms with Gasteiger partial charge in [0.25, 0.3) is 0 Å². The van der Waals surface area contributed by atoms with E-state index >= 15 is 0 Å². The number of hydrogen-bond donors (Lipinski definition) is 1. The molecule has 0 aliphatic rings. The first-order chi connectivity index (χ1) is 11.1. The van der Waals surface area contributed by atoms with Gasteiger partial charge in [0.2, 0.25) is 5.91 Å². The molecule has 1 amide bonds. The Bertz CT molecular complexity index is 634. The Morgan fingerprint density at radius 2 is 1.83 bits per heavy atom. The van der Waals surface area contributed by atoms with Crippen LogP contribution in [0.25, 0.3) is 0 Å². The highest BCUT2D eigenvalue weighted by Crippen LogP contribution is 2.15. The number of hydrogen-bond acceptors (Lipinski definition) is 3. The zero-order valence-electron chi connectivity index (χ0n) is 13.1. The molecule has 0 bridgehead atoms. The van der Waals surface area contributed by atoms with Crippen molar-refractivity contribution in [3.05, 3.63) is 66.0 Å². The predicted octanol–water partition coefficient (Wildman–Crippen LogP) is 2.23. The van der Waals surface area contributed by atoms with Crippen molar-refractivity contribution >= 4 is 5.91 Å². The van der Waals surface area contributed by atoms with E-state index in [0.717, 1.165) is 5.56 Å². The van der Waals surface area contributed by atoms with Crippen LogP contribution in [-0.2, 0) is 11.2 Å². The lowest BCUT2D eigenvalue weighted by Crippen LogP contribution is -2.44. The average molecular weight is 316 g/mol. The highest BCUT2D eigenvalue weighted by atomic mass is 19.1. The van der Waals surface area contributed by atoms with Crippen LogP contribution in [0.2, 0.25) is 0 Å². The summed E-state index contributed by atoms with van der Waals surface area (Å²) in [6, 6.07) is 15.2. The molecule has 2 aromatic carbocycles. The first-order valence-corrected chi connectivity index (χ1v) is 7.49. The van der Waals surface area contributed by atoms with Gasteiger partial charge in [-0.05, 0) is 24.1 Å². The minimum Gasteiger partial charge on any atom is -0.489 e. The number of nitrogens with two attached hydrogens (primary N) is 1. The SMILES string of the molecule is CN(CCOc1ccccc1F)C(=O)[C@@H](N)Cc1ccccc1. The molecular formula is C18H21FN2O2. The summed E-state index contributed by atoms with van der Waals surface area (Å²) in [5.41, 5.74) is 6.98. The summed E-state index contributed by atoms with van der Waals surface area (Å²) in [7, 11) is 1.66. The Kier molecular flexibility index (Phi) is 6.11. The predicted molar refractivity (Wildman–Crippen MR) is 87.7 cm³/mol. The minimum absolute atomic E-state index is 0.161. The van der Waals surface area contributed by atoms with Crippen molar-refractivity contribution < 1.29 is 13.9 Å². The maximum absolute atomic E-state index is 13.4. The summed E-state index contributed by atoms with van der Waals surface area (Å²) in [6.07, 6.45) is 0.484. The number of rotatable bonds is 7. The third-order valence-corrected chi connectivity index (χ3v) is 3.51. The van der Waals surface area contributed by atoms with E-state index < -0.39 is 11.9 Å². The zero-order chi connectivity index (χ0) is 16.7. The largest absolute Gasteiger partial charge is 0.489 e. The van der Waals surface area contributed by atoms with Crippen molar-refractivity contribution in [2.45, 2.75) is 12.5 Å². The Hall–Kier alpha value is -2.40. The topological polar surface area (TPSA) is 55.6 Å². The maximum atomic E-state index is 13.4. The number of ether oxygens (including phenoxy) is 1. The highest BCUT2D eigenvalue weighted by Gasteiger charge is 2.18. The molecule has 0 heterocycles. The number of para-hydroxylation sites is 1. The zero-order valence-corrected chi connectivity index (χ0v) is 13.1. The smallest absolute Gasteiger partial charge is 0.239 e. The van der Waals surface area contributed by atoms with Gasteiger partial charge in [-0.1, -0.05) is 42.5 Å². The fourth-order valence-corrected chi connectivity index (χ4v) is 2.20. The molecule has 2 N–H and O–H groups in total. The molecule has 0 aromatic heterocycles. The van der Waals surface area contributed by atoms with Crippen molar-refractivity contribution in [1.82, 2.24) is 4.90 Å². The molecule has 1 atom stereocenters. The first kappa shape index (κ1) is 17.0. The molecule has 0 saturated heterocycles. The number of benzene rings is 2. The van der Waals surface area contributed by atoms with Crippen molar-refractivity contribution in [3.8, 4) is 5.75 Å². The number of amides is 1. The fraction of sp³-hybridized carbons (Fsp3) is 0.278. The molecule has 0 fully saturated rings. The molecule has 4 nitrogen and oxygen atoms in total. The van der Waals surface area contributed by atoms with Crippen LogP contribution < -0.4 is 10.5 Å². The van der Waals surface area contributed by atoms with Gasteiger partial charge in [-0.3, -0.25) is 4.79 Å². The van der Waals surface area contributed by atoms with Gasteiger partial charge in [-0.25, -0.2) is 4.39 Å². The van der Waals surface area contributed by atoms with Gasteiger partial charge in [-0.15, -0.1) is 0 Å². The number of carbonyl (C=O) groups excluding carboxylic acids is 1. The van der Waals surface area contributed by atoms with Crippen molar-refractivity contribution in [2.24, 2.45) is 5.73 Å². The lowest BCUT2D eigenvalue weighted by molar-refractivity contribution is -0.131. The molecule has 122 valence electrons. The number of carbonyl (C=O) groups is 1. The maximum Gasteiger partial charge on any atom is 0.239 e. The summed E-state index contributed by atoms with van der Waals surface area (Å²) < 4.78 is 18.8. The number of likely N-dealkylation sites (N-methyl/N-ethyl adjacent to an activating group) is 1. The van der Waals surface area contributed by atoms with Crippen LogP contribution in [0.4, 0.5) is 4.39 Å². The van der Waals surface area contributed by atoms with Gasteiger partial charge in [0.05, 0.1) is 12.6 Å². The van der Waals surface area contributed by atoms with Crippen LogP contribution in [0.5, 0.6) is 5.75 Å². The Balaban J connectivity index is 1.79. The third-order valence-electron chi connectivity index (χ3n) is 3.51. The van der Waals surface area contributed by atoms with E-state index in [2.05, 4.69) is 0 Å². The van der Waals surface area contributed by atoms with E-state index in [-0.39, 0.29) is 18.3 Å². The van der Waals surface area contributed by atoms with Crippen LogP contribution in [0.1, 0.15) is 5.56 Å². The van der Waals surface area contributed by atoms with E-state index in [1.807, 2.05) is 30.3 Å². The monoisotopic (exact) mass is 316 g/mol. The van der Waals surface area contributed by atoms with Crippen LogP contribution in [-0.4, -0.2) is 37.0 Å². The van der Waals surface area contributed by atoms with Crippen molar-refractivity contribution in [3.63, 3.8) is 0 Å². The van der Waals surface area contributed by atoms with Crippen LogP contribution in [0.3, 0.4) is 0 Å². The summed E-state index contributed by atoms with van der Waals surface area (Å²) in [6.45, 7) is 0.552. The van der Waals surface area contributed by atoms with E-state index in [0.29, 0.717) is 13.0 Å². The molecule has 2 rings (SSSR count). The van der Waals surface area contributed by atoms with E-state index in [1.54, 1.807) is 25.2 Å². The molecule has 0 unspecified atom stereocenters. The quantitative estimate of drug-likeness (QED) is 0.852. The summed E-state index contributed by atoms with van der Waals surface area (Å²) in [5, 5.41) is 0. The number of nitrogens with zero attached hydrogens (tertiary/aromatic N) is 1. The lowest BCUT2D eigenvalue weighted by atomic mass is 10.1. The Morgan fingerprint density at radius 1 is 1.17 bits per heavy atom. The molecule has 0 saturated carbocycles. The van der Waals surface area contributed by atoms with Gasteiger partial charge in [0.15, 0.2) is 11.6 Å². The Morgan fingerprint density at radius 3 is 2.52 bits per heavy atom. The summed E-state index contributed by atoms with van der Waals surface area (Å²) >= 11 is 0. The Labute approximate surface area is 135 Å². The molecular weight excluding hydrogens is 295 g/mol. The molecule has 5 heteroatoms. The first-order valence-electron chi connectivity index (χ1n) is 7.49. The molecule has 2 aromatic rings. The summed E-state index contributed by atoms with van der Waals surface area (Å²) in [4.78, 5) is 13.7. The average Bonchev–Trinajstić information content (AvgIpc) is 2.56. The molecule has 0 aliphatic carbocycles. The third kappa shape index (κ3) is 5.07. The fourth-order valence-electron chi connectivity index (χ4n) is 2.20. The van der Waals surface area contributed by atoms with E-state index in [9.17, 15) is 9.18 Å². The van der Waals surface area contributed by atoms with Gasteiger partial charge in [-0.2, -0.15) is 0 Å².